The number of unbranched alkanes of at least 4 members (excludes halogenated alkanes) is 1. The molecule has 0 fully saturated rings. The third-order valence-corrected chi connectivity index (χ3v) is 4.87. The quantitative estimate of drug-likeness (QED) is 0.205. The van der Waals surface area contributed by atoms with E-state index in [4.69, 9.17) is 10.5 Å². The van der Waals surface area contributed by atoms with Crippen molar-refractivity contribution in [1.82, 2.24) is 10.6 Å². The zero-order chi connectivity index (χ0) is 23.5. The molecule has 0 saturated carbocycles. The smallest absolute Gasteiger partial charge is 0.329 e. The van der Waals surface area contributed by atoms with Gasteiger partial charge in [-0.3, -0.25) is 14.4 Å². The topological polar surface area (TPSA) is 128 Å². The van der Waals surface area contributed by atoms with Gasteiger partial charge in [0.2, 0.25) is 11.8 Å². The van der Waals surface area contributed by atoms with E-state index in [1.807, 2.05) is 13.8 Å². The number of ether oxygens (including phenoxy) is 1. The number of ketones is 1. The van der Waals surface area contributed by atoms with Crippen molar-refractivity contribution in [1.29, 1.82) is 0 Å². The largest absolute Gasteiger partial charge is 0.458 e. The summed E-state index contributed by atoms with van der Waals surface area (Å²) in [6.07, 6.45) is 1.77. The fraction of sp³-hybridized carbons (Fsp3) is 0.810. The Morgan fingerprint density at radius 1 is 1.03 bits per heavy atom. The van der Waals surface area contributed by atoms with Gasteiger partial charge in [-0.15, -0.1) is 0 Å². The van der Waals surface area contributed by atoms with Gasteiger partial charge < -0.3 is 21.1 Å². The first kappa shape index (κ1) is 28.5. The van der Waals surface area contributed by atoms with E-state index in [9.17, 15) is 19.2 Å². The number of halogens is 1. The fourth-order valence-corrected chi connectivity index (χ4v) is 2.94. The van der Waals surface area contributed by atoms with Gasteiger partial charge in [0.05, 0.1) is 11.4 Å². The summed E-state index contributed by atoms with van der Waals surface area (Å²) in [5.74, 6) is -2.18. The van der Waals surface area contributed by atoms with Gasteiger partial charge in [0, 0.05) is 12.3 Å². The molecule has 8 nitrogen and oxygen atoms in total. The number of Topliss-reactive ketones (excluding diaryl/α,β-unsaturated/α-hetero) is 1. The first-order valence-electron chi connectivity index (χ1n) is 10.4. The van der Waals surface area contributed by atoms with Crippen molar-refractivity contribution in [2.24, 2.45) is 17.6 Å². The average Bonchev–Trinajstić information content (AvgIpc) is 2.62. The van der Waals surface area contributed by atoms with E-state index in [0.29, 0.717) is 19.4 Å². The zero-order valence-electron chi connectivity index (χ0n) is 19.0. The van der Waals surface area contributed by atoms with Crippen LogP contribution in [0.1, 0.15) is 67.2 Å². The van der Waals surface area contributed by atoms with Crippen LogP contribution >= 0.6 is 15.9 Å². The third kappa shape index (κ3) is 11.6. The number of alkyl halides is 1. The lowest BCUT2D eigenvalue weighted by Gasteiger charge is -2.26. The Morgan fingerprint density at radius 3 is 2.10 bits per heavy atom. The molecule has 0 rings (SSSR count). The Kier molecular flexibility index (Phi) is 13.1. The molecule has 0 radical (unpaired) electrons. The molecule has 30 heavy (non-hydrogen) atoms. The highest BCUT2D eigenvalue weighted by molar-refractivity contribution is 9.09. The van der Waals surface area contributed by atoms with Gasteiger partial charge in [-0.1, -0.05) is 36.7 Å². The molecule has 0 heterocycles. The standard InChI is InChI=1S/C21H38BrN3O5/c1-13(2)18(25-17(27)12-22)16(26)11-14(3)19(28)24-15(9-7-8-10-23)20(29)30-21(4,5)6/h13-15,18H,7-12,23H2,1-6H3,(H,24,28)(H,25,27)/t14-,15+,18?/m1/s1. The van der Waals surface area contributed by atoms with Gasteiger partial charge in [0.15, 0.2) is 5.78 Å². The SMILES string of the molecule is CC(C)C(NC(=O)CBr)C(=O)C[C@@H](C)C(=O)N[C@@H](CCCCN)C(=O)OC(C)(C)C. The molecule has 0 spiro atoms. The molecule has 0 aliphatic rings. The Hall–Kier alpha value is -1.48. The highest BCUT2D eigenvalue weighted by Crippen LogP contribution is 2.14. The van der Waals surface area contributed by atoms with E-state index in [1.165, 1.54) is 0 Å². The summed E-state index contributed by atoms with van der Waals surface area (Å²) in [5.41, 5.74) is 4.85. The number of hydrogen-bond acceptors (Lipinski definition) is 6. The number of nitrogens with two attached hydrogens (primary N) is 1. The number of carbonyl (C=O) groups excluding carboxylic acids is 4. The number of amides is 2. The molecule has 9 heteroatoms. The predicted octanol–water partition coefficient (Wildman–Crippen LogP) is 2.07. The van der Waals surface area contributed by atoms with Gasteiger partial charge in [-0.2, -0.15) is 0 Å². The van der Waals surface area contributed by atoms with E-state index in [-0.39, 0.29) is 29.4 Å². The van der Waals surface area contributed by atoms with Gasteiger partial charge in [-0.25, -0.2) is 4.79 Å². The Balaban J connectivity index is 5.08. The van der Waals surface area contributed by atoms with Crippen LogP contribution in [0.5, 0.6) is 0 Å². The molecule has 1 unspecified atom stereocenters. The summed E-state index contributed by atoms with van der Waals surface area (Å²) in [6.45, 7) is 11.1. The lowest BCUT2D eigenvalue weighted by atomic mass is 9.92. The molecule has 0 aromatic rings. The van der Waals surface area contributed by atoms with Crippen molar-refractivity contribution in [2.45, 2.75) is 84.9 Å². The molecule has 0 aliphatic heterocycles. The van der Waals surface area contributed by atoms with Crippen LogP contribution in [0, 0.1) is 11.8 Å². The van der Waals surface area contributed by atoms with Crippen LogP contribution in [0.4, 0.5) is 0 Å². The van der Waals surface area contributed by atoms with Crippen LogP contribution < -0.4 is 16.4 Å². The average molecular weight is 492 g/mol. The van der Waals surface area contributed by atoms with E-state index in [2.05, 4.69) is 26.6 Å². The Labute approximate surface area is 188 Å². The van der Waals surface area contributed by atoms with Crippen molar-refractivity contribution in [3.05, 3.63) is 0 Å². The maximum absolute atomic E-state index is 12.7. The minimum absolute atomic E-state index is 0.0406. The summed E-state index contributed by atoms with van der Waals surface area (Å²) >= 11 is 3.06. The van der Waals surface area contributed by atoms with Crippen LogP contribution in [-0.2, 0) is 23.9 Å². The highest BCUT2D eigenvalue weighted by Gasteiger charge is 2.30. The minimum Gasteiger partial charge on any atom is -0.458 e. The molecule has 0 saturated heterocycles. The highest BCUT2D eigenvalue weighted by atomic mass is 79.9. The van der Waals surface area contributed by atoms with Crippen LogP contribution in [-0.4, -0.2) is 53.1 Å². The summed E-state index contributed by atoms with van der Waals surface area (Å²) in [5, 5.41) is 5.50. The second-order valence-corrected chi connectivity index (χ2v) is 9.43. The normalized spacial score (nSPS) is 14.6. The molecule has 0 bridgehead atoms. The number of carbonyl (C=O) groups is 4. The van der Waals surface area contributed by atoms with Crippen LogP contribution in [0.2, 0.25) is 0 Å². The van der Waals surface area contributed by atoms with E-state index in [0.717, 1.165) is 6.42 Å². The lowest BCUT2D eigenvalue weighted by molar-refractivity contribution is -0.159. The maximum atomic E-state index is 12.7. The van der Waals surface area contributed by atoms with Crippen LogP contribution in [0.15, 0.2) is 0 Å². The second kappa shape index (κ2) is 13.7. The molecule has 174 valence electrons. The molecule has 0 aromatic heterocycles. The number of hydrogen-bond donors (Lipinski definition) is 3. The van der Waals surface area contributed by atoms with Crippen LogP contribution in [0.25, 0.3) is 0 Å². The molecular formula is C21H38BrN3O5. The monoisotopic (exact) mass is 491 g/mol. The lowest BCUT2D eigenvalue weighted by Crippen LogP contribution is -2.48. The maximum Gasteiger partial charge on any atom is 0.329 e. The summed E-state index contributed by atoms with van der Waals surface area (Å²) in [4.78, 5) is 49.5. The third-order valence-electron chi connectivity index (χ3n) is 4.36. The second-order valence-electron chi connectivity index (χ2n) is 8.87. The fourth-order valence-electron chi connectivity index (χ4n) is 2.78. The Morgan fingerprint density at radius 2 is 1.63 bits per heavy atom. The van der Waals surface area contributed by atoms with Gasteiger partial charge in [-0.05, 0) is 52.5 Å². The Bertz CT molecular complexity index is 590. The summed E-state index contributed by atoms with van der Waals surface area (Å²) < 4.78 is 5.41. The van der Waals surface area contributed by atoms with Crippen molar-refractivity contribution in [2.75, 3.05) is 11.9 Å². The van der Waals surface area contributed by atoms with Crippen LogP contribution in [0.3, 0.4) is 0 Å². The molecule has 0 aromatic carbocycles. The summed E-state index contributed by atoms with van der Waals surface area (Å²) in [7, 11) is 0. The summed E-state index contributed by atoms with van der Waals surface area (Å²) in [6, 6.07) is -1.47. The van der Waals surface area contributed by atoms with Gasteiger partial charge in [0.25, 0.3) is 0 Å². The van der Waals surface area contributed by atoms with Crippen molar-refractivity contribution >= 4 is 39.5 Å². The minimum atomic E-state index is -0.796. The molecule has 4 N–H and O–H groups in total. The van der Waals surface area contributed by atoms with E-state index < -0.39 is 35.5 Å². The van der Waals surface area contributed by atoms with E-state index in [1.54, 1.807) is 27.7 Å². The zero-order valence-corrected chi connectivity index (χ0v) is 20.6. The van der Waals surface area contributed by atoms with E-state index >= 15 is 0 Å². The first-order chi connectivity index (χ1) is 13.8. The van der Waals surface area contributed by atoms with Crippen molar-refractivity contribution in [3.8, 4) is 0 Å². The molecular weight excluding hydrogens is 454 g/mol. The van der Waals surface area contributed by atoms with Gasteiger partial charge in [0.1, 0.15) is 11.6 Å². The number of rotatable bonds is 13. The molecule has 0 aliphatic carbocycles. The number of nitrogens with one attached hydrogen (secondary N) is 2. The first-order valence-corrected chi connectivity index (χ1v) is 11.6. The van der Waals surface area contributed by atoms with Crippen molar-refractivity contribution in [3.63, 3.8) is 0 Å². The van der Waals surface area contributed by atoms with Crippen molar-refractivity contribution < 1.29 is 23.9 Å². The molecule has 2 amide bonds. The predicted molar refractivity (Wildman–Crippen MR) is 120 cm³/mol. The number of esters is 1. The van der Waals surface area contributed by atoms with Gasteiger partial charge >= 0.3 is 5.97 Å². The molecule has 3 atom stereocenters.